The molecule has 0 aromatic heterocycles. The van der Waals surface area contributed by atoms with Crippen LogP contribution in [0.5, 0.6) is 0 Å². The van der Waals surface area contributed by atoms with E-state index >= 15 is 0 Å². The maximum atomic E-state index is 2.45. The molecule has 0 nitrogen and oxygen atoms in total. The molecule has 0 rings (SSSR count). The highest BCUT2D eigenvalue weighted by molar-refractivity contribution is 4.70. The lowest BCUT2D eigenvalue weighted by Gasteiger charge is -2.26. The van der Waals surface area contributed by atoms with Crippen molar-refractivity contribution in [3.05, 3.63) is 0 Å². The Bertz CT molecular complexity index is 192. The normalized spacial score (nSPS) is 13.7. The second-order valence-corrected chi connectivity index (χ2v) is 7.80. The highest BCUT2D eigenvalue weighted by Gasteiger charge is 2.18. The average Bonchev–Trinajstić information content (AvgIpc) is 2.40. The zero-order chi connectivity index (χ0) is 15.3. The zero-order valence-electron chi connectivity index (χ0n) is 15.3. The third-order valence-corrected chi connectivity index (χ3v) is 4.91. The number of unbranched alkanes of at least 4 members (excludes halogenated alkanes) is 9. The third-order valence-electron chi connectivity index (χ3n) is 4.91. The van der Waals surface area contributed by atoms with Crippen molar-refractivity contribution in [2.75, 3.05) is 0 Å². The van der Waals surface area contributed by atoms with Crippen molar-refractivity contribution < 1.29 is 0 Å². The molecule has 0 heterocycles. The fourth-order valence-electron chi connectivity index (χ4n) is 3.17. The van der Waals surface area contributed by atoms with Gasteiger partial charge in [0.2, 0.25) is 0 Å². The van der Waals surface area contributed by atoms with Crippen molar-refractivity contribution in [1.29, 1.82) is 0 Å². The van der Waals surface area contributed by atoms with E-state index in [9.17, 15) is 0 Å². The molecule has 0 radical (unpaired) electrons. The molecule has 0 bridgehead atoms. The molecule has 0 saturated carbocycles. The summed E-state index contributed by atoms with van der Waals surface area (Å²) in [7, 11) is 0. The van der Waals surface area contributed by atoms with Crippen LogP contribution in [0, 0.1) is 11.3 Å². The fourth-order valence-corrected chi connectivity index (χ4v) is 3.17. The standard InChI is InChI=1S/C20H42/c1-6-8-9-10-11-12-13-14-15-16-17-19(3)18-20(4,5)7-2/h19H,6-18H2,1-5H3. The minimum absolute atomic E-state index is 0.553. The second kappa shape index (κ2) is 12.7. The van der Waals surface area contributed by atoms with Crippen LogP contribution in [-0.2, 0) is 0 Å². The summed E-state index contributed by atoms with van der Waals surface area (Å²) in [5, 5.41) is 0. The van der Waals surface area contributed by atoms with Crippen LogP contribution in [-0.4, -0.2) is 0 Å². The first-order chi connectivity index (χ1) is 9.52. The van der Waals surface area contributed by atoms with Gasteiger partial charge in [-0.25, -0.2) is 0 Å². The Labute approximate surface area is 130 Å². The van der Waals surface area contributed by atoms with Gasteiger partial charge in [-0.2, -0.15) is 0 Å². The number of rotatable bonds is 14. The summed E-state index contributed by atoms with van der Waals surface area (Å²) in [6, 6.07) is 0. The van der Waals surface area contributed by atoms with Crippen molar-refractivity contribution >= 4 is 0 Å². The van der Waals surface area contributed by atoms with Crippen LogP contribution >= 0.6 is 0 Å². The molecule has 0 saturated heterocycles. The molecule has 0 N–H and O–H groups in total. The van der Waals surface area contributed by atoms with Gasteiger partial charge in [0, 0.05) is 0 Å². The van der Waals surface area contributed by atoms with E-state index in [2.05, 4.69) is 34.6 Å². The second-order valence-electron chi connectivity index (χ2n) is 7.80. The Hall–Kier alpha value is 0. The van der Waals surface area contributed by atoms with Crippen molar-refractivity contribution in [3.8, 4) is 0 Å². The van der Waals surface area contributed by atoms with Crippen molar-refractivity contribution in [3.63, 3.8) is 0 Å². The molecule has 20 heavy (non-hydrogen) atoms. The molecule has 0 aromatic rings. The molecule has 0 aliphatic carbocycles. The smallest absolute Gasteiger partial charge is 0.0354 e. The Kier molecular flexibility index (Phi) is 12.7. The van der Waals surface area contributed by atoms with Crippen LogP contribution in [0.4, 0.5) is 0 Å². The maximum absolute atomic E-state index is 2.45. The van der Waals surface area contributed by atoms with Crippen LogP contribution in [0.15, 0.2) is 0 Å². The van der Waals surface area contributed by atoms with E-state index in [1.54, 1.807) is 0 Å². The van der Waals surface area contributed by atoms with Gasteiger partial charge in [0.15, 0.2) is 0 Å². The molecule has 0 fully saturated rings. The highest BCUT2D eigenvalue weighted by atomic mass is 14.2. The molecular weight excluding hydrogens is 240 g/mol. The first kappa shape index (κ1) is 20.0. The van der Waals surface area contributed by atoms with Gasteiger partial charge < -0.3 is 0 Å². The number of hydrogen-bond acceptors (Lipinski definition) is 0. The molecule has 0 spiro atoms. The topological polar surface area (TPSA) is 0 Å². The van der Waals surface area contributed by atoms with E-state index in [0.717, 1.165) is 5.92 Å². The molecule has 0 aromatic carbocycles. The van der Waals surface area contributed by atoms with E-state index in [1.807, 2.05) is 0 Å². The van der Waals surface area contributed by atoms with Crippen LogP contribution in [0.1, 0.15) is 118 Å². The molecule has 122 valence electrons. The third kappa shape index (κ3) is 13.0. The van der Waals surface area contributed by atoms with Crippen LogP contribution in [0.3, 0.4) is 0 Å². The first-order valence-electron chi connectivity index (χ1n) is 9.52. The average molecular weight is 283 g/mol. The van der Waals surface area contributed by atoms with Gasteiger partial charge in [0.05, 0.1) is 0 Å². The van der Waals surface area contributed by atoms with Crippen LogP contribution in [0.25, 0.3) is 0 Å². The van der Waals surface area contributed by atoms with Crippen LogP contribution < -0.4 is 0 Å². The Balaban J connectivity index is 3.27. The zero-order valence-corrected chi connectivity index (χ0v) is 15.3. The van der Waals surface area contributed by atoms with E-state index in [-0.39, 0.29) is 0 Å². The molecule has 0 aliphatic heterocycles. The van der Waals surface area contributed by atoms with Crippen LogP contribution in [0.2, 0.25) is 0 Å². The van der Waals surface area contributed by atoms with Gasteiger partial charge in [-0.05, 0) is 17.8 Å². The molecule has 1 atom stereocenters. The monoisotopic (exact) mass is 282 g/mol. The summed E-state index contributed by atoms with van der Waals surface area (Å²) in [6.07, 6.45) is 18.7. The summed E-state index contributed by atoms with van der Waals surface area (Å²) in [5.41, 5.74) is 0.553. The highest BCUT2D eigenvalue weighted by Crippen LogP contribution is 2.31. The quantitative estimate of drug-likeness (QED) is 0.285. The van der Waals surface area contributed by atoms with Gasteiger partial charge in [-0.3, -0.25) is 0 Å². The van der Waals surface area contributed by atoms with Gasteiger partial charge >= 0.3 is 0 Å². The SMILES string of the molecule is CCCCCCCCCCCCC(C)CC(C)(C)CC. The maximum Gasteiger partial charge on any atom is -0.0354 e. The summed E-state index contributed by atoms with van der Waals surface area (Å²) < 4.78 is 0. The van der Waals surface area contributed by atoms with Gasteiger partial charge in [0.25, 0.3) is 0 Å². The minimum atomic E-state index is 0.553. The number of hydrogen-bond donors (Lipinski definition) is 0. The molecular formula is C20H42. The fraction of sp³-hybridized carbons (Fsp3) is 1.00. The summed E-state index contributed by atoms with van der Waals surface area (Å²) in [5.74, 6) is 0.916. The molecule has 0 aliphatic rings. The van der Waals surface area contributed by atoms with Gasteiger partial charge in [0.1, 0.15) is 0 Å². The molecule has 0 heteroatoms. The predicted molar refractivity (Wildman–Crippen MR) is 94.3 cm³/mol. The van der Waals surface area contributed by atoms with E-state index < -0.39 is 0 Å². The summed E-state index contributed by atoms with van der Waals surface area (Å²) in [6.45, 7) is 11.9. The lowest BCUT2D eigenvalue weighted by Crippen LogP contribution is -2.14. The van der Waals surface area contributed by atoms with Crippen molar-refractivity contribution in [2.45, 2.75) is 118 Å². The molecule has 0 amide bonds. The Morgan fingerprint density at radius 3 is 1.60 bits per heavy atom. The van der Waals surface area contributed by atoms with Crippen molar-refractivity contribution in [1.82, 2.24) is 0 Å². The lowest BCUT2D eigenvalue weighted by atomic mass is 9.80. The largest absolute Gasteiger partial charge is 0.0654 e. The Morgan fingerprint density at radius 1 is 0.700 bits per heavy atom. The van der Waals surface area contributed by atoms with E-state index in [4.69, 9.17) is 0 Å². The first-order valence-corrected chi connectivity index (χ1v) is 9.52. The van der Waals surface area contributed by atoms with Gasteiger partial charge in [-0.15, -0.1) is 0 Å². The minimum Gasteiger partial charge on any atom is -0.0654 e. The van der Waals surface area contributed by atoms with Gasteiger partial charge in [-0.1, -0.05) is 112 Å². The predicted octanol–water partition coefficient (Wildman–Crippen LogP) is 7.76. The molecule has 1 unspecified atom stereocenters. The Morgan fingerprint density at radius 2 is 1.15 bits per heavy atom. The lowest BCUT2D eigenvalue weighted by molar-refractivity contribution is 0.255. The summed E-state index contributed by atoms with van der Waals surface area (Å²) >= 11 is 0. The van der Waals surface area contributed by atoms with E-state index in [1.165, 1.54) is 83.5 Å². The summed E-state index contributed by atoms with van der Waals surface area (Å²) in [4.78, 5) is 0. The van der Waals surface area contributed by atoms with Crippen molar-refractivity contribution in [2.24, 2.45) is 11.3 Å². The van der Waals surface area contributed by atoms with E-state index in [0.29, 0.717) is 5.41 Å².